The van der Waals surface area contributed by atoms with Gasteiger partial charge in [-0.15, -0.1) is 5.10 Å². The molecule has 0 unspecified atom stereocenters. The molecule has 0 spiro atoms. The predicted molar refractivity (Wildman–Crippen MR) is 97.8 cm³/mol. The number of aryl methyl sites for hydroxylation is 1. The molecule has 1 aliphatic rings. The topological polar surface area (TPSA) is 43.2 Å². The summed E-state index contributed by atoms with van der Waals surface area (Å²) in [7, 11) is 0. The smallest absolute Gasteiger partial charge is 0.177 e. The van der Waals surface area contributed by atoms with Gasteiger partial charge in [0.1, 0.15) is 5.69 Å². The van der Waals surface area contributed by atoms with Crippen molar-refractivity contribution in [2.75, 3.05) is 18.1 Å². The summed E-state index contributed by atoms with van der Waals surface area (Å²) in [6.45, 7) is 4.25. The van der Waals surface area contributed by atoms with Gasteiger partial charge in [0.15, 0.2) is 6.23 Å². The molecule has 1 aliphatic heterocycles. The van der Waals surface area contributed by atoms with Crippen LogP contribution in [0.15, 0.2) is 54.7 Å². The lowest BCUT2D eigenvalue weighted by Gasteiger charge is -2.23. The van der Waals surface area contributed by atoms with Crippen molar-refractivity contribution in [2.45, 2.75) is 19.7 Å². The van der Waals surface area contributed by atoms with Crippen LogP contribution in [-0.2, 0) is 11.3 Å². The fourth-order valence-electron chi connectivity index (χ4n) is 3.11. The van der Waals surface area contributed by atoms with E-state index >= 15 is 0 Å². The summed E-state index contributed by atoms with van der Waals surface area (Å²) in [5.41, 5.74) is 4.28. The summed E-state index contributed by atoms with van der Waals surface area (Å²) < 4.78 is 7.73. The number of nitrogens with zero attached hydrogens (tertiary/aromatic N) is 4. The highest BCUT2D eigenvalue weighted by molar-refractivity contribution is 6.30. The number of rotatable bonds is 4. The molecule has 0 N–H and O–H groups in total. The number of aromatic nitrogens is 3. The normalized spacial score (nSPS) is 17.2. The van der Waals surface area contributed by atoms with Crippen molar-refractivity contribution in [3.63, 3.8) is 0 Å². The molecule has 0 radical (unpaired) electrons. The Morgan fingerprint density at radius 1 is 1.20 bits per heavy atom. The second-order valence-corrected chi connectivity index (χ2v) is 6.66. The van der Waals surface area contributed by atoms with E-state index in [4.69, 9.17) is 16.3 Å². The summed E-state index contributed by atoms with van der Waals surface area (Å²) in [6, 6.07) is 16.2. The molecule has 0 aliphatic carbocycles. The molecule has 1 atom stereocenters. The Balaban J connectivity index is 1.54. The molecule has 5 nitrogen and oxygen atoms in total. The monoisotopic (exact) mass is 354 g/mol. The molecule has 1 aromatic heterocycles. The molecule has 3 aromatic rings. The number of hydrogen-bond acceptors (Lipinski definition) is 4. The number of anilines is 1. The van der Waals surface area contributed by atoms with Crippen molar-refractivity contribution in [3.8, 4) is 0 Å². The third-order valence-electron chi connectivity index (χ3n) is 4.27. The summed E-state index contributed by atoms with van der Waals surface area (Å²) in [6.07, 6.45) is 1.74. The summed E-state index contributed by atoms with van der Waals surface area (Å²) in [4.78, 5) is 2.22. The highest BCUT2D eigenvalue weighted by Crippen LogP contribution is 2.31. The Kier molecular flexibility index (Phi) is 4.42. The summed E-state index contributed by atoms with van der Waals surface area (Å²) in [5, 5.41) is 9.30. The fourth-order valence-corrected chi connectivity index (χ4v) is 3.33. The fraction of sp³-hybridized carbons (Fsp3) is 0.263. The molecule has 4 rings (SSSR count). The highest BCUT2D eigenvalue weighted by atomic mass is 35.5. The maximum Gasteiger partial charge on any atom is 0.177 e. The van der Waals surface area contributed by atoms with Gasteiger partial charge in [-0.3, -0.25) is 0 Å². The highest BCUT2D eigenvalue weighted by Gasteiger charge is 2.29. The van der Waals surface area contributed by atoms with E-state index in [0.717, 1.165) is 28.5 Å². The first-order valence-electron chi connectivity index (χ1n) is 8.28. The van der Waals surface area contributed by atoms with Crippen LogP contribution in [0.2, 0.25) is 5.02 Å². The van der Waals surface area contributed by atoms with Gasteiger partial charge in [0.05, 0.1) is 19.3 Å². The lowest BCUT2D eigenvalue weighted by molar-refractivity contribution is 0.110. The summed E-state index contributed by atoms with van der Waals surface area (Å²) >= 11 is 6.05. The first-order chi connectivity index (χ1) is 12.2. The Morgan fingerprint density at radius 2 is 2.08 bits per heavy atom. The minimum Gasteiger partial charge on any atom is -0.350 e. The molecule has 2 heterocycles. The van der Waals surface area contributed by atoms with Crippen molar-refractivity contribution in [3.05, 3.63) is 76.6 Å². The van der Waals surface area contributed by atoms with Gasteiger partial charge < -0.3 is 9.64 Å². The molecule has 6 heteroatoms. The van der Waals surface area contributed by atoms with Crippen molar-refractivity contribution < 1.29 is 4.74 Å². The van der Waals surface area contributed by atoms with E-state index in [9.17, 15) is 0 Å². The first-order valence-corrected chi connectivity index (χ1v) is 8.66. The molecular weight excluding hydrogens is 336 g/mol. The quantitative estimate of drug-likeness (QED) is 0.714. The number of benzene rings is 2. The van der Waals surface area contributed by atoms with E-state index in [1.54, 1.807) is 0 Å². The van der Waals surface area contributed by atoms with Gasteiger partial charge in [-0.25, -0.2) is 4.68 Å². The standard InChI is InChI=1S/C19H19ClN4O/c1-14-4-2-7-17(10-14)24-8-9-25-19(24)18-13-23(22-21-18)12-15-5-3-6-16(20)11-15/h2-7,10-11,13,19H,8-9,12H2,1H3/t19-/m1/s1. The second-order valence-electron chi connectivity index (χ2n) is 6.23. The maximum atomic E-state index is 6.05. The van der Waals surface area contributed by atoms with Gasteiger partial charge in [0.25, 0.3) is 0 Å². The van der Waals surface area contributed by atoms with Crippen LogP contribution in [0.3, 0.4) is 0 Å². The lowest BCUT2D eigenvalue weighted by atomic mass is 10.2. The van der Waals surface area contributed by atoms with Crippen molar-refractivity contribution in [2.24, 2.45) is 0 Å². The number of hydrogen-bond donors (Lipinski definition) is 0. The van der Waals surface area contributed by atoms with Crippen molar-refractivity contribution in [1.29, 1.82) is 0 Å². The zero-order valence-corrected chi connectivity index (χ0v) is 14.7. The third kappa shape index (κ3) is 3.52. The number of ether oxygens (including phenoxy) is 1. The lowest BCUT2D eigenvalue weighted by Crippen LogP contribution is -2.23. The Hall–Kier alpha value is -2.37. The van der Waals surface area contributed by atoms with E-state index in [1.807, 2.05) is 35.1 Å². The minimum atomic E-state index is -0.199. The zero-order valence-electron chi connectivity index (χ0n) is 14.0. The van der Waals surface area contributed by atoms with Gasteiger partial charge in [-0.05, 0) is 42.3 Å². The minimum absolute atomic E-state index is 0.199. The van der Waals surface area contributed by atoms with Crippen LogP contribution in [-0.4, -0.2) is 28.1 Å². The molecule has 1 saturated heterocycles. The average molecular weight is 355 g/mol. The van der Waals surface area contributed by atoms with Gasteiger partial charge in [-0.1, -0.05) is 41.1 Å². The van der Waals surface area contributed by atoms with E-state index in [1.165, 1.54) is 5.56 Å². The average Bonchev–Trinajstić information content (AvgIpc) is 3.23. The summed E-state index contributed by atoms with van der Waals surface area (Å²) in [5.74, 6) is 0. The van der Waals surface area contributed by atoms with Gasteiger partial charge in [0.2, 0.25) is 0 Å². The van der Waals surface area contributed by atoms with Gasteiger partial charge in [-0.2, -0.15) is 0 Å². The molecular formula is C19H19ClN4O. The Labute approximate surface area is 151 Å². The van der Waals surface area contributed by atoms with Crippen LogP contribution in [0.5, 0.6) is 0 Å². The van der Waals surface area contributed by atoms with Crippen LogP contribution < -0.4 is 4.90 Å². The van der Waals surface area contributed by atoms with Crippen LogP contribution >= 0.6 is 11.6 Å². The molecule has 0 saturated carbocycles. The van der Waals surface area contributed by atoms with E-state index in [2.05, 4.69) is 46.4 Å². The van der Waals surface area contributed by atoms with Crippen LogP contribution in [0.25, 0.3) is 0 Å². The zero-order chi connectivity index (χ0) is 17.2. The molecule has 0 amide bonds. The number of halogens is 1. The predicted octanol–water partition coefficient (Wildman–Crippen LogP) is 3.82. The Morgan fingerprint density at radius 3 is 2.92 bits per heavy atom. The van der Waals surface area contributed by atoms with Gasteiger partial charge in [0, 0.05) is 17.3 Å². The maximum absolute atomic E-state index is 6.05. The third-order valence-corrected chi connectivity index (χ3v) is 4.50. The molecule has 0 bridgehead atoms. The van der Waals surface area contributed by atoms with Crippen molar-refractivity contribution in [1.82, 2.24) is 15.0 Å². The van der Waals surface area contributed by atoms with E-state index < -0.39 is 0 Å². The first kappa shape index (κ1) is 16.1. The van der Waals surface area contributed by atoms with Crippen molar-refractivity contribution >= 4 is 17.3 Å². The molecule has 25 heavy (non-hydrogen) atoms. The van der Waals surface area contributed by atoms with Crippen LogP contribution in [0.1, 0.15) is 23.0 Å². The second kappa shape index (κ2) is 6.86. The largest absolute Gasteiger partial charge is 0.350 e. The van der Waals surface area contributed by atoms with E-state index in [-0.39, 0.29) is 6.23 Å². The van der Waals surface area contributed by atoms with Crippen LogP contribution in [0.4, 0.5) is 5.69 Å². The Bertz CT molecular complexity index is 879. The molecule has 1 fully saturated rings. The molecule has 2 aromatic carbocycles. The SMILES string of the molecule is Cc1cccc(N2CCO[C@@H]2c2cn(Cc3cccc(Cl)c3)nn2)c1. The molecule has 128 valence electrons. The van der Waals surface area contributed by atoms with E-state index in [0.29, 0.717) is 13.2 Å². The van der Waals surface area contributed by atoms with Crippen LogP contribution in [0, 0.1) is 6.92 Å². The van der Waals surface area contributed by atoms with Gasteiger partial charge >= 0.3 is 0 Å².